The van der Waals surface area contributed by atoms with Gasteiger partial charge in [-0.15, -0.1) is 10.2 Å². The Morgan fingerprint density at radius 1 is 1.36 bits per heavy atom. The van der Waals surface area contributed by atoms with Gasteiger partial charge in [0.2, 0.25) is 24.1 Å². The zero-order valence-corrected chi connectivity index (χ0v) is 15.5. The van der Waals surface area contributed by atoms with E-state index in [4.69, 9.17) is 4.42 Å². The minimum absolute atomic E-state index is 0.0873. The van der Waals surface area contributed by atoms with E-state index in [1.54, 1.807) is 11.8 Å². The number of aliphatic hydroxyl groups is 1. The first-order valence-electron chi connectivity index (χ1n) is 8.79. The van der Waals surface area contributed by atoms with Crippen molar-refractivity contribution in [2.45, 2.75) is 71.7 Å². The van der Waals surface area contributed by atoms with Gasteiger partial charge in [-0.2, -0.15) is 0 Å². The van der Waals surface area contributed by atoms with Crippen LogP contribution in [-0.4, -0.2) is 61.7 Å². The van der Waals surface area contributed by atoms with Gasteiger partial charge in [-0.05, 0) is 26.7 Å². The number of carbonyl (C=O) groups excluding carboxylic acids is 2. The molecular formula is C17H28N4O4. The van der Waals surface area contributed by atoms with Gasteiger partial charge in [0, 0.05) is 19.4 Å². The summed E-state index contributed by atoms with van der Waals surface area (Å²) in [7, 11) is 0. The van der Waals surface area contributed by atoms with Gasteiger partial charge in [-0.1, -0.05) is 13.8 Å². The molecule has 1 aliphatic rings. The Bertz CT molecular complexity index is 587. The number of rotatable bonds is 6. The van der Waals surface area contributed by atoms with Crippen LogP contribution in [0.4, 0.5) is 0 Å². The van der Waals surface area contributed by atoms with Gasteiger partial charge in [-0.3, -0.25) is 9.59 Å². The molecule has 0 radical (unpaired) electrons. The Kier molecular flexibility index (Phi) is 6.16. The highest BCUT2D eigenvalue weighted by Crippen LogP contribution is 2.31. The predicted octanol–water partition coefficient (Wildman–Crippen LogP) is 1.38. The van der Waals surface area contributed by atoms with E-state index in [1.165, 1.54) is 13.3 Å². The smallest absolute Gasteiger partial charge is 0.241 e. The molecular weight excluding hydrogens is 324 g/mol. The van der Waals surface area contributed by atoms with E-state index in [0.29, 0.717) is 6.54 Å². The Balaban J connectivity index is 2.32. The maximum atomic E-state index is 12.5. The van der Waals surface area contributed by atoms with E-state index in [9.17, 15) is 14.7 Å². The van der Waals surface area contributed by atoms with Crippen LogP contribution in [0, 0.1) is 5.92 Å². The molecule has 1 aliphatic heterocycles. The van der Waals surface area contributed by atoms with E-state index in [2.05, 4.69) is 10.2 Å². The summed E-state index contributed by atoms with van der Waals surface area (Å²) in [5.41, 5.74) is 0. The SMILES string of the molecule is CC(=O)N(C(C)C1CCCN1C(=O)C(C)C)[C@H](c1nnco1)[C@@H](C)O. The standard InChI is InChI=1S/C17H28N4O4/c1-10(2)17(24)20-8-6-7-14(20)11(3)21(13(5)23)15(12(4)22)16-19-18-9-25-16/h9-12,14-15,22H,6-8H2,1-5H3/t11?,12-,14?,15+/m1/s1. The lowest BCUT2D eigenvalue weighted by atomic mass is 10.00. The van der Waals surface area contributed by atoms with Gasteiger partial charge in [0.1, 0.15) is 6.04 Å². The molecule has 1 saturated heterocycles. The van der Waals surface area contributed by atoms with E-state index < -0.39 is 12.1 Å². The molecule has 2 rings (SSSR count). The van der Waals surface area contributed by atoms with Crippen molar-refractivity contribution in [1.29, 1.82) is 0 Å². The van der Waals surface area contributed by atoms with Gasteiger partial charge < -0.3 is 19.3 Å². The average Bonchev–Trinajstić information content (AvgIpc) is 3.21. The van der Waals surface area contributed by atoms with Crippen LogP contribution in [0.15, 0.2) is 10.8 Å². The summed E-state index contributed by atoms with van der Waals surface area (Å²) >= 11 is 0. The molecule has 1 fully saturated rings. The quantitative estimate of drug-likeness (QED) is 0.830. The number of aliphatic hydroxyl groups excluding tert-OH is 1. The molecule has 0 aliphatic carbocycles. The van der Waals surface area contributed by atoms with Gasteiger partial charge in [-0.25, -0.2) is 0 Å². The summed E-state index contributed by atoms with van der Waals surface area (Å²) in [6, 6.07) is -1.12. The predicted molar refractivity (Wildman–Crippen MR) is 90.3 cm³/mol. The first-order chi connectivity index (χ1) is 11.8. The van der Waals surface area contributed by atoms with Crippen LogP contribution in [-0.2, 0) is 9.59 Å². The Morgan fingerprint density at radius 3 is 2.52 bits per heavy atom. The fourth-order valence-electron chi connectivity index (χ4n) is 3.69. The Hall–Kier alpha value is -1.96. The zero-order valence-electron chi connectivity index (χ0n) is 15.5. The van der Waals surface area contributed by atoms with Gasteiger partial charge >= 0.3 is 0 Å². The fourth-order valence-corrected chi connectivity index (χ4v) is 3.69. The number of hydrogen-bond acceptors (Lipinski definition) is 6. The average molecular weight is 352 g/mol. The van der Waals surface area contributed by atoms with Gasteiger partial charge in [0.15, 0.2) is 0 Å². The molecule has 1 aromatic heterocycles. The van der Waals surface area contributed by atoms with Crippen LogP contribution < -0.4 is 0 Å². The summed E-state index contributed by atoms with van der Waals surface area (Å²) in [4.78, 5) is 28.4. The molecule has 25 heavy (non-hydrogen) atoms. The van der Waals surface area contributed by atoms with Crippen molar-refractivity contribution in [3.05, 3.63) is 12.3 Å². The zero-order chi connectivity index (χ0) is 18.7. The van der Waals surface area contributed by atoms with Crippen LogP contribution in [0.1, 0.15) is 59.4 Å². The number of likely N-dealkylation sites (tertiary alicyclic amines) is 1. The van der Waals surface area contributed by atoms with Crippen molar-refractivity contribution in [1.82, 2.24) is 20.0 Å². The summed E-state index contributed by atoms with van der Waals surface area (Å²) in [5.74, 6) is -0.0245. The van der Waals surface area contributed by atoms with Gasteiger partial charge in [0.25, 0.3) is 0 Å². The first kappa shape index (κ1) is 19.4. The van der Waals surface area contributed by atoms with E-state index in [1.807, 2.05) is 25.7 Å². The van der Waals surface area contributed by atoms with Gasteiger partial charge in [0.05, 0.1) is 18.2 Å². The molecule has 8 nitrogen and oxygen atoms in total. The lowest BCUT2D eigenvalue weighted by Gasteiger charge is -2.41. The molecule has 4 atom stereocenters. The number of aromatic nitrogens is 2. The highest BCUT2D eigenvalue weighted by Gasteiger charge is 2.42. The second-order valence-electron chi connectivity index (χ2n) is 7.03. The highest BCUT2D eigenvalue weighted by atomic mass is 16.4. The van der Waals surface area contributed by atoms with E-state index >= 15 is 0 Å². The molecule has 1 aromatic rings. The largest absolute Gasteiger partial charge is 0.426 e. The molecule has 2 amide bonds. The van der Waals surface area contributed by atoms with Crippen molar-refractivity contribution in [2.75, 3.05) is 6.54 Å². The minimum atomic E-state index is -0.887. The Labute approximate surface area is 148 Å². The van der Waals surface area contributed by atoms with Crippen LogP contribution in [0.3, 0.4) is 0 Å². The lowest BCUT2D eigenvalue weighted by molar-refractivity contribution is -0.144. The van der Waals surface area contributed by atoms with Crippen molar-refractivity contribution >= 4 is 11.8 Å². The summed E-state index contributed by atoms with van der Waals surface area (Å²) in [6.07, 6.45) is 2.01. The van der Waals surface area contributed by atoms with Crippen molar-refractivity contribution in [3.8, 4) is 0 Å². The molecule has 2 heterocycles. The molecule has 0 saturated carbocycles. The monoisotopic (exact) mass is 352 g/mol. The molecule has 0 aromatic carbocycles. The van der Waals surface area contributed by atoms with Crippen molar-refractivity contribution in [3.63, 3.8) is 0 Å². The normalized spacial score (nSPS) is 21.2. The van der Waals surface area contributed by atoms with E-state index in [0.717, 1.165) is 12.8 Å². The van der Waals surface area contributed by atoms with Crippen molar-refractivity contribution < 1.29 is 19.1 Å². The molecule has 1 N–H and O–H groups in total. The number of amides is 2. The van der Waals surface area contributed by atoms with Crippen LogP contribution in [0.5, 0.6) is 0 Å². The third-order valence-electron chi connectivity index (χ3n) is 4.82. The molecule has 0 spiro atoms. The lowest BCUT2D eigenvalue weighted by Crippen LogP contribution is -2.54. The molecule has 0 bridgehead atoms. The van der Waals surface area contributed by atoms with Crippen molar-refractivity contribution in [2.24, 2.45) is 5.92 Å². The number of hydrogen-bond donors (Lipinski definition) is 1. The van der Waals surface area contributed by atoms with Crippen LogP contribution >= 0.6 is 0 Å². The highest BCUT2D eigenvalue weighted by molar-refractivity contribution is 5.79. The third-order valence-corrected chi connectivity index (χ3v) is 4.82. The molecule has 2 unspecified atom stereocenters. The minimum Gasteiger partial charge on any atom is -0.426 e. The second-order valence-corrected chi connectivity index (χ2v) is 7.03. The Morgan fingerprint density at radius 2 is 2.04 bits per heavy atom. The number of nitrogens with zero attached hydrogens (tertiary/aromatic N) is 4. The van der Waals surface area contributed by atoms with E-state index in [-0.39, 0.29) is 35.7 Å². The molecule has 8 heteroatoms. The topological polar surface area (TPSA) is 99.8 Å². The first-order valence-corrected chi connectivity index (χ1v) is 8.79. The third kappa shape index (κ3) is 4.00. The number of carbonyl (C=O) groups is 2. The second kappa shape index (κ2) is 7.95. The van der Waals surface area contributed by atoms with Crippen LogP contribution in [0.25, 0.3) is 0 Å². The summed E-state index contributed by atoms with van der Waals surface area (Å²) in [6.45, 7) is 9.39. The summed E-state index contributed by atoms with van der Waals surface area (Å²) < 4.78 is 5.26. The molecule has 140 valence electrons. The maximum Gasteiger partial charge on any atom is 0.241 e. The fraction of sp³-hybridized carbons (Fsp3) is 0.765. The summed E-state index contributed by atoms with van der Waals surface area (Å²) in [5, 5.41) is 17.8. The van der Waals surface area contributed by atoms with Crippen LogP contribution in [0.2, 0.25) is 0 Å². The maximum absolute atomic E-state index is 12.5.